The monoisotopic (exact) mass is 544 g/mol. The van der Waals surface area contributed by atoms with E-state index in [-0.39, 0.29) is 43.0 Å². The van der Waals surface area contributed by atoms with Crippen LogP contribution in [-0.2, 0) is 27.0 Å². The van der Waals surface area contributed by atoms with Crippen molar-refractivity contribution in [1.82, 2.24) is 15.5 Å². The smallest absolute Gasteiger partial charge is 0.356 e. The Bertz CT molecular complexity index is 723. The zero-order valence-corrected chi connectivity index (χ0v) is 19.5. The number of hydrogen-bond acceptors (Lipinski definition) is 4. The number of nitrogens with zero attached hydrogens (tertiary/aromatic N) is 2. The van der Waals surface area contributed by atoms with Gasteiger partial charge in [0.1, 0.15) is 0 Å². The predicted molar refractivity (Wildman–Crippen MR) is 118 cm³/mol. The molecule has 1 aromatic rings. The molecule has 1 fully saturated rings. The summed E-state index contributed by atoms with van der Waals surface area (Å²) in [6, 6.07) is 5.00. The van der Waals surface area contributed by atoms with Crippen LogP contribution in [0.2, 0.25) is 0 Å². The van der Waals surface area contributed by atoms with E-state index in [1.807, 2.05) is 6.92 Å². The zero-order valence-electron chi connectivity index (χ0n) is 17.2. The first-order valence-electron chi connectivity index (χ1n) is 9.25. The van der Waals surface area contributed by atoms with Crippen LogP contribution in [0.1, 0.15) is 24.5 Å². The van der Waals surface area contributed by atoms with Crippen molar-refractivity contribution in [2.24, 2.45) is 4.99 Å². The molecule has 170 valence electrons. The summed E-state index contributed by atoms with van der Waals surface area (Å²) in [5.74, 6) is -0.522. The summed E-state index contributed by atoms with van der Waals surface area (Å²) in [4.78, 5) is 17.6. The molecule has 0 spiro atoms. The van der Waals surface area contributed by atoms with Gasteiger partial charge < -0.3 is 25.0 Å². The summed E-state index contributed by atoms with van der Waals surface area (Å²) in [6.07, 6.45) is -3.87. The van der Waals surface area contributed by atoms with Gasteiger partial charge in [0.05, 0.1) is 31.9 Å². The van der Waals surface area contributed by atoms with E-state index in [2.05, 4.69) is 15.6 Å². The lowest BCUT2D eigenvalue weighted by atomic mass is 10.1. The summed E-state index contributed by atoms with van der Waals surface area (Å²) in [6.45, 7) is 3.38. The first-order chi connectivity index (χ1) is 13.6. The summed E-state index contributed by atoms with van der Waals surface area (Å²) in [5.41, 5.74) is -0.312. The normalized spacial score (nSPS) is 16.0. The molecule has 0 unspecified atom stereocenters. The molecule has 0 saturated carbocycles. The van der Waals surface area contributed by atoms with Crippen molar-refractivity contribution in [3.8, 4) is 0 Å². The molecule has 1 aromatic carbocycles. The van der Waals surface area contributed by atoms with Gasteiger partial charge in [0.15, 0.2) is 11.7 Å². The maximum Gasteiger partial charge on any atom is 0.416 e. The van der Waals surface area contributed by atoms with Crippen molar-refractivity contribution in [2.45, 2.75) is 31.9 Å². The largest absolute Gasteiger partial charge is 0.416 e. The second-order valence-corrected chi connectivity index (χ2v) is 7.01. The van der Waals surface area contributed by atoms with Gasteiger partial charge in [-0.05, 0) is 24.6 Å². The summed E-state index contributed by atoms with van der Waals surface area (Å²) in [7, 11) is 3.26. The standard InChI is InChI=1S/C19H27F3N4O3.HI/c1-18(28-9-10-29-18)7-8-23-17(25-13-16(27)26(2)3)24-12-14-5-4-6-15(11-14)19(20,21)22;/h4-6,11H,7-10,12-13H2,1-3H3,(H2,23,24,25);1H. The van der Waals surface area contributed by atoms with Crippen molar-refractivity contribution < 1.29 is 27.4 Å². The molecular formula is C19H28F3IN4O3. The first kappa shape index (κ1) is 26.4. The second-order valence-electron chi connectivity index (χ2n) is 7.01. The average Bonchev–Trinajstić information content (AvgIpc) is 3.09. The quantitative estimate of drug-likeness (QED) is 0.314. The minimum atomic E-state index is -4.41. The molecule has 1 amide bonds. The Hall–Kier alpha value is -1.60. The van der Waals surface area contributed by atoms with Crippen LogP contribution in [0.5, 0.6) is 0 Å². The highest BCUT2D eigenvalue weighted by atomic mass is 127. The van der Waals surface area contributed by atoms with Crippen LogP contribution in [0.15, 0.2) is 29.3 Å². The van der Waals surface area contributed by atoms with E-state index in [9.17, 15) is 18.0 Å². The highest BCUT2D eigenvalue weighted by molar-refractivity contribution is 14.0. The minimum absolute atomic E-state index is 0. The lowest BCUT2D eigenvalue weighted by Gasteiger charge is -2.23. The Kier molecular flexibility index (Phi) is 10.3. The van der Waals surface area contributed by atoms with Crippen LogP contribution in [-0.4, -0.2) is 63.0 Å². The number of rotatable bonds is 7. The zero-order chi connectivity index (χ0) is 21.5. The third-order valence-electron chi connectivity index (χ3n) is 4.35. The van der Waals surface area contributed by atoms with E-state index in [1.54, 1.807) is 20.2 Å². The number of alkyl halides is 3. The van der Waals surface area contributed by atoms with Gasteiger partial charge >= 0.3 is 6.18 Å². The lowest BCUT2D eigenvalue weighted by Crippen LogP contribution is -2.44. The second kappa shape index (κ2) is 11.7. The van der Waals surface area contributed by atoms with E-state index >= 15 is 0 Å². The van der Waals surface area contributed by atoms with Gasteiger partial charge in [0.2, 0.25) is 5.91 Å². The highest BCUT2D eigenvalue weighted by Crippen LogP contribution is 2.29. The molecule has 2 N–H and O–H groups in total. The van der Waals surface area contributed by atoms with Crippen LogP contribution in [0, 0.1) is 0 Å². The molecule has 0 bridgehead atoms. The van der Waals surface area contributed by atoms with Gasteiger partial charge in [-0.3, -0.25) is 4.79 Å². The van der Waals surface area contributed by atoms with Gasteiger partial charge in [0.25, 0.3) is 0 Å². The van der Waals surface area contributed by atoms with Crippen LogP contribution >= 0.6 is 24.0 Å². The van der Waals surface area contributed by atoms with E-state index in [1.165, 1.54) is 11.0 Å². The van der Waals surface area contributed by atoms with Gasteiger partial charge in [-0.2, -0.15) is 13.2 Å². The number of guanidine groups is 1. The fourth-order valence-electron chi connectivity index (χ4n) is 2.62. The van der Waals surface area contributed by atoms with Crippen LogP contribution < -0.4 is 10.6 Å². The fraction of sp³-hybridized carbons (Fsp3) is 0.579. The molecule has 0 radical (unpaired) electrons. The molecule has 11 heteroatoms. The molecule has 0 aliphatic carbocycles. The van der Waals surface area contributed by atoms with Crippen molar-refractivity contribution in [1.29, 1.82) is 0 Å². The Balaban J connectivity index is 0.00000450. The molecule has 1 saturated heterocycles. The molecule has 1 aliphatic heterocycles. The van der Waals surface area contributed by atoms with Crippen molar-refractivity contribution in [3.63, 3.8) is 0 Å². The fourth-order valence-corrected chi connectivity index (χ4v) is 2.62. The Labute approximate surface area is 191 Å². The van der Waals surface area contributed by atoms with E-state index < -0.39 is 17.5 Å². The summed E-state index contributed by atoms with van der Waals surface area (Å²) in [5, 5.41) is 5.96. The highest BCUT2D eigenvalue weighted by Gasteiger charge is 2.31. The third kappa shape index (κ3) is 8.64. The Morgan fingerprint density at radius 3 is 2.50 bits per heavy atom. The average molecular weight is 544 g/mol. The number of hydrogen-bond donors (Lipinski definition) is 2. The van der Waals surface area contributed by atoms with Crippen molar-refractivity contribution in [3.05, 3.63) is 35.4 Å². The predicted octanol–water partition coefficient (Wildman–Crippen LogP) is 2.60. The molecule has 7 nitrogen and oxygen atoms in total. The SMILES string of the molecule is CN(C)C(=O)CNC(=NCc1cccc(C(F)(F)F)c1)NCCC1(C)OCCO1.I. The molecule has 1 aliphatic rings. The Morgan fingerprint density at radius 2 is 1.90 bits per heavy atom. The number of aliphatic imine (C=N–C) groups is 1. The van der Waals surface area contributed by atoms with Crippen LogP contribution in [0.4, 0.5) is 13.2 Å². The van der Waals surface area contributed by atoms with Gasteiger partial charge in [-0.25, -0.2) is 4.99 Å². The Morgan fingerprint density at radius 1 is 1.23 bits per heavy atom. The minimum Gasteiger partial charge on any atom is -0.356 e. The van der Waals surface area contributed by atoms with Crippen LogP contribution in [0.3, 0.4) is 0 Å². The number of nitrogens with one attached hydrogen (secondary N) is 2. The maximum absolute atomic E-state index is 12.9. The topological polar surface area (TPSA) is 75.2 Å². The van der Waals surface area contributed by atoms with E-state index in [0.717, 1.165) is 12.1 Å². The number of benzene rings is 1. The van der Waals surface area contributed by atoms with Gasteiger partial charge in [-0.15, -0.1) is 24.0 Å². The molecule has 0 aromatic heterocycles. The van der Waals surface area contributed by atoms with E-state index in [4.69, 9.17) is 9.47 Å². The van der Waals surface area contributed by atoms with E-state index in [0.29, 0.717) is 37.7 Å². The maximum atomic E-state index is 12.9. The number of amides is 1. The van der Waals surface area contributed by atoms with Crippen molar-refractivity contribution in [2.75, 3.05) is 40.4 Å². The van der Waals surface area contributed by atoms with Crippen LogP contribution in [0.25, 0.3) is 0 Å². The number of ether oxygens (including phenoxy) is 2. The third-order valence-corrected chi connectivity index (χ3v) is 4.35. The molecule has 0 atom stereocenters. The molecule has 1 heterocycles. The number of carbonyl (C=O) groups is 1. The summed E-state index contributed by atoms with van der Waals surface area (Å²) >= 11 is 0. The number of likely N-dealkylation sites (N-methyl/N-ethyl adjacent to an activating group) is 1. The van der Waals surface area contributed by atoms with Gasteiger partial charge in [-0.1, -0.05) is 12.1 Å². The van der Waals surface area contributed by atoms with Gasteiger partial charge in [0, 0.05) is 27.1 Å². The van der Waals surface area contributed by atoms with Crippen molar-refractivity contribution >= 4 is 35.8 Å². The molecule has 30 heavy (non-hydrogen) atoms. The summed E-state index contributed by atoms with van der Waals surface area (Å²) < 4.78 is 49.7. The first-order valence-corrected chi connectivity index (χ1v) is 9.25. The molecular weight excluding hydrogens is 516 g/mol. The number of halogens is 4. The lowest BCUT2D eigenvalue weighted by molar-refractivity contribution is -0.145. The number of carbonyl (C=O) groups excluding carboxylic acids is 1. The molecule has 2 rings (SSSR count).